The molecule has 0 aromatic carbocycles. The molecule has 22 heavy (non-hydrogen) atoms. The zero-order chi connectivity index (χ0) is 15.7. The lowest BCUT2D eigenvalue weighted by Gasteiger charge is -2.10. The Hall–Kier alpha value is -1.92. The molecule has 0 unspecified atom stereocenters. The highest BCUT2D eigenvalue weighted by Crippen LogP contribution is 2.38. The standard InChI is InChI=1S/C15H13ClN2O3S/c16-11-7-8(5-6-17-11)13(19)18-14-12(15(20)21)9-3-1-2-4-10(9)22-14/h5-7H,1-4H2,(H,18,19)(H,20,21). The number of aromatic carboxylic acids is 1. The van der Waals surface area contributed by atoms with Crippen LogP contribution in [0.25, 0.3) is 0 Å². The molecule has 1 aliphatic carbocycles. The molecule has 0 fully saturated rings. The van der Waals surface area contributed by atoms with E-state index in [9.17, 15) is 14.7 Å². The summed E-state index contributed by atoms with van der Waals surface area (Å²) >= 11 is 7.13. The maximum Gasteiger partial charge on any atom is 0.339 e. The number of nitrogens with one attached hydrogen (secondary N) is 1. The molecule has 0 saturated carbocycles. The molecule has 1 aliphatic rings. The average Bonchev–Trinajstić information content (AvgIpc) is 2.85. The monoisotopic (exact) mass is 336 g/mol. The molecule has 3 rings (SSSR count). The van der Waals surface area contributed by atoms with Crippen LogP contribution in [0, 0.1) is 0 Å². The number of anilines is 1. The number of aromatic nitrogens is 1. The fraction of sp³-hybridized carbons (Fsp3) is 0.267. The van der Waals surface area contributed by atoms with Gasteiger partial charge in [0.2, 0.25) is 0 Å². The lowest BCUT2D eigenvalue weighted by atomic mass is 9.95. The smallest absolute Gasteiger partial charge is 0.339 e. The van der Waals surface area contributed by atoms with Gasteiger partial charge in [-0.25, -0.2) is 9.78 Å². The van der Waals surface area contributed by atoms with Crippen LogP contribution >= 0.6 is 22.9 Å². The molecule has 5 nitrogen and oxygen atoms in total. The van der Waals surface area contributed by atoms with Crippen LogP contribution in [0.1, 0.15) is 44.0 Å². The summed E-state index contributed by atoms with van der Waals surface area (Å²) in [7, 11) is 0. The summed E-state index contributed by atoms with van der Waals surface area (Å²) in [5, 5.41) is 12.8. The van der Waals surface area contributed by atoms with Gasteiger partial charge in [0.15, 0.2) is 0 Å². The fourth-order valence-electron chi connectivity index (χ4n) is 2.60. The van der Waals surface area contributed by atoms with Crippen molar-refractivity contribution < 1.29 is 14.7 Å². The molecule has 0 spiro atoms. The summed E-state index contributed by atoms with van der Waals surface area (Å²) < 4.78 is 0. The number of carbonyl (C=O) groups excluding carboxylic acids is 1. The van der Waals surface area contributed by atoms with Gasteiger partial charge in [0.1, 0.15) is 10.2 Å². The van der Waals surface area contributed by atoms with Gasteiger partial charge in [0, 0.05) is 16.6 Å². The minimum absolute atomic E-state index is 0.219. The van der Waals surface area contributed by atoms with Crippen molar-refractivity contribution in [2.24, 2.45) is 0 Å². The fourth-order valence-corrected chi connectivity index (χ4v) is 4.05. The van der Waals surface area contributed by atoms with Crippen LogP contribution in [0.15, 0.2) is 18.3 Å². The second-order valence-corrected chi connectivity index (χ2v) is 6.53. The first-order valence-electron chi connectivity index (χ1n) is 6.87. The van der Waals surface area contributed by atoms with E-state index in [0.717, 1.165) is 36.1 Å². The summed E-state index contributed by atoms with van der Waals surface area (Å²) in [5.74, 6) is -1.38. The first-order valence-corrected chi connectivity index (χ1v) is 8.06. The number of carboxylic acid groups (broad SMARTS) is 1. The molecular weight excluding hydrogens is 324 g/mol. The predicted molar refractivity (Wildman–Crippen MR) is 85.1 cm³/mol. The number of nitrogens with zero attached hydrogens (tertiary/aromatic N) is 1. The van der Waals surface area contributed by atoms with Crippen LogP contribution < -0.4 is 5.32 Å². The van der Waals surface area contributed by atoms with Gasteiger partial charge in [0.05, 0.1) is 5.56 Å². The van der Waals surface area contributed by atoms with E-state index in [0.29, 0.717) is 10.6 Å². The molecule has 7 heteroatoms. The number of hydrogen-bond acceptors (Lipinski definition) is 4. The number of carbonyl (C=O) groups is 2. The van der Waals surface area contributed by atoms with E-state index in [1.54, 1.807) is 0 Å². The number of fused-ring (bicyclic) bond motifs is 1. The molecular formula is C15H13ClN2O3S. The van der Waals surface area contributed by atoms with E-state index in [1.807, 2.05) is 0 Å². The highest BCUT2D eigenvalue weighted by Gasteiger charge is 2.26. The molecule has 0 atom stereocenters. The van der Waals surface area contributed by atoms with E-state index in [1.165, 1.54) is 29.7 Å². The van der Waals surface area contributed by atoms with Crippen LogP contribution in [-0.2, 0) is 12.8 Å². The van der Waals surface area contributed by atoms with Crippen LogP contribution in [0.5, 0.6) is 0 Å². The van der Waals surface area contributed by atoms with Crippen molar-refractivity contribution in [3.8, 4) is 0 Å². The van der Waals surface area contributed by atoms with Crippen LogP contribution in [0.4, 0.5) is 5.00 Å². The lowest BCUT2D eigenvalue weighted by Crippen LogP contribution is -2.14. The second kappa shape index (κ2) is 6.06. The molecule has 2 heterocycles. The van der Waals surface area contributed by atoms with Crippen molar-refractivity contribution in [2.45, 2.75) is 25.7 Å². The molecule has 1 amide bonds. The van der Waals surface area contributed by atoms with Crippen molar-refractivity contribution in [1.29, 1.82) is 0 Å². The Labute approximate surface area is 136 Å². The largest absolute Gasteiger partial charge is 0.478 e. The minimum atomic E-state index is -0.998. The molecule has 2 aromatic heterocycles. The van der Waals surface area contributed by atoms with Crippen molar-refractivity contribution in [3.63, 3.8) is 0 Å². The normalized spacial score (nSPS) is 13.5. The summed E-state index contributed by atoms with van der Waals surface area (Å²) in [6, 6.07) is 2.99. The number of amides is 1. The molecule has 0 radical (unpaired) electrons. The SMILES string of the molecule is O=C(Nc1sc2c(c1C(=O)O)CCCC2)c1ccnc(Cl)c1. The Morgan fingerprint density at radius 1 is 1.32 bits per heavy atom. The van der Waals surface area contributed by atoms with Gasteiger partial charge < -0.3 is 10.4 Å². The number of rotatable bonds is 3. The number of thiophene rings is 1. The molecule has 114 valence electrons. The van der Waals surface area contributed by atoms with Gasteiger partial charge in [-0.05, 0) is 43.4 Å². The third-order valence-corrected chi connectivity index (χ3v) is 5.01. The Morgan fingerprint density at radius 2 is 2.09 bits per heavy atom. The van der Waals surface area contributed by atoms with Crippen molar-refractivity contribution >= 4 is 39.8 Å². The quantitative estimate of drug-likeness (QED) is 0.839. The van der Waals surface area contributed by atoms with E-state index < -0.39 is 5.97 Å². The average molecular weight is 337 g/mol. The van der Waals surface area contributed by atoms with Gasteiger partial charge >= 0.3 is 5.97 Å². The number of aryl methyl sites for hydroxylation is 1. The van der Waals surface area contributed by atoms with Gasteiger partial charge in [-0.3, -0.25) is 4.79 Å². The first kappa shape index (κ1) is 15.0. The van der Waals surface area contributed by atoms with Crippen molar-refractivity contribution in [3.05, 3.63) is 45.1 Å². The number of halogens is 1. The van der Waals surface area contributed by atoms with Gasteiger partial charge in [-0.1, -0.05) is 11.6 Å². The highest BCUT2D eigenvalue weighted by atomic mass is 35.5. The van der Waals surface area contributed by atoms with E-state index in [2.05, 4.69) is 10.3 Å². The topological polar surface area (TPSA) is 79.3 Å². The molecule has 0 saturated heterocycles. The molecule has 2 N–H and O–H groups in total. The molecule has 0 bridgehead atoms. The second-order valence-electron chi connectivity index (χ2n) is 5.04. The van der Waals surface area contributed by atoms with Crippen molar-refractivity contribution in [2.75, 3.05) is 5.32 Å². The summed E-state index contributed by atoms with van der Waals surface area (Å²) in [6.45, 7) is 0. The third kappa shape index (κ3) is 2.84. The number of pyridine rings is 1. The molecule has 2 aromatic rings. The maximum atomic E-state index is 12.3. The zero-order valence-electron chi connectivity index (χ0n) is 11.6. The predicted octanol–water partition coefficient (Wildman–Crippen LogP) is 3.63. The number of carboxylic acids is 1. The zero-order valence-corrected chi connectivity index (χ0v) is 13.1. The summed E-state index contributed by atoms with van der Waals surface area (Å²) in [4.78, 5) is 28.7. The van der Waals surface area contributed by atoms with Crippen molar-refractivity contribution in [1.82, 2.24) is 4.98 Å². The Morgan fingerprint density at radius 3 is 2.82 bits per heavy atom. The number of hydrogen-bond donors (Lipinski definition) is 2. The Balaban J connectivity index is 1.93. The Bertz CT molecular complexity index is 757. The molecule has 0 aliphatic heterocycles. The van der Waals surface area contributed by atoms with Crippen LogP contribution in [-0.4, -0.2) is 22.0 Å². The highest BCUT2D eigenvalue weighted by molar-refractivity contribution is 7.17. The van der Waals surface area contributed by atoms with E-state index >= 15 is 0 Å². The van der Waals surface area contributed by atoms with E-state index in [4.69, 9.17) is 11.6 Å². The summed E-state index contributed by atoms with van der Waals surface area (Å²) in [5.41, 5.74) is 1.45. The van der Waals surface area contributed by atoms with Gasteiger partial charge in [-0.15, -0.1) is 11.3 Å². The van der Waals surface area contributed by atoms with Crippen LogP contribution in [0.2, 0.25) is 5.15 Å². The Kier molecular flexibility index (Phi) is 4.13. The van der Waals surface area contributed by atoms with E-state index in [-0.39, 0.29) is 16.6 Å². The lowest BCUT2D eigenvalue weighted by molar-refractivity contribution is 0.0697. The van der Waals surface area contributed by atoms with Gasteiger partial charge in [-0.2, -0.15) is 0 Å². The third-order valence-electron chi connectivity index (χ3n) is 3.60. The van der Waals surface area contributed by atoms with Crippen LogP contribution in [0.3, 0.4) is 0 Å². The van der Waals surface area contributed by atoms with Gasteiger partial charge in [0.25, 0.3) is 5.91 Å². The maximum absolute atomic E-state index is 12.3. The summed E-state index contributed by atoms with van der Waals surface area (Å²) in [6.07, 6.45) is 5.10. The first-order chi connectivity index (χ1) is 10.6. The minimum Gasteiger partial charge on any atom is -0.478 e.